The Bertz CT molecular complexity index is 385. The third-order valence-corrected chi connectivity index (χ3v) is 1.75. The highest BCUT2D eigenvalue weighted by molar-refractivity contribution is 6.32. The van der Waals surface area contributed by atoms with Gasteiger partial charge in [-0.1, -0.05) is 11.6 Å². The van der Waals surface area contributed by atoms with E-state index in [9.17, 15) is 18.0 Å². The predicted octanol–water partition coefficient (Wildman–Crippen LogP) is 1.79. The highest BCUT2D eigenvalue weighted by Gasteiger charge is 2.41. The summed E-state index contributed by atoms with van der Waals surface area (Å²) < 4.78 is 37.3. The van der Waals surface area contributed by atoms with Crippen molar-refractivity contribution in [3.8, 4) is 0 Å². The molecule has 1 heterocycles. The Labute approximate surface area is 80.9 Å². The molecule has 0 saturated carbocycles. The topological polar surface area (TPSA) is 55.1 Å². The zero-order chi connectivity index (χ0) is 11.1. The number of carboxylic acid groups (broad SMARTS) is 1. The summed E-state index contributed by atoms with van der Waals surface area (Å²) in [6.45, 7) is 0. The Kier molecular flexibility index (Phi) is 2.45. The lowest BCUT2D eigenvalue weighted by atomic mass is 10.2. The lowest BCUT2D eigenvalue weighted by molar-refractivity contribution is -0.144. The van der Waals surface area contributed by atoms with Crippen molar-refractivity contribution in [2.24, 2.45) is 7.05 Å². The van der Waals surface area contributed by atoms with E-state index >= 15 is 0 Å². The Morgan fingerprint density at radius 1 is 1.57 bits per heavy atom. The summed E-state index contributed by atoms with van der Waals surface area (Å²) in [6, 6.07) is 0. The van der Waals surface area contributed by atoms with Gasteiger partial charge in [0.05, 0.1) is 0 Å². The number of hydrogen-bond donors (Lipinski definition) is 1. The average molecular weight is 229 g/mol. The highest BCUT2D eigenvalue weighted by Crippen LogP contribution is 2.34. The minimum atomic E-state index is -4.79. The first-order valence-electron chi connectivity index (χ1n) is 3.28. The molecule has 0 amide bonds. The van der Waals surface area contributed by atoms with Gasteiger partial charge in [0.1, 0.15) is 5.56 Å². The second-order valence-corrected chi connectivity index (χ2v) is 2.80. The van der Waals surface area contributed by atoms with Gasteiger partial charge in [0.15, 0.2) is 10.8 Å². The van der Waals surface area contributed by atoms with Gasteiger partial charge < -0.3 is 5.11 Å². The molecule has 1 aromatic rings. The number of nitrogens with zero attached hydrogens (tertiary/aromatic N) is 2. The van der Waals surface area contributed by atoms with Crippen molar-refractivity contribution in [1.82, 2.24) is 9.78 Å². The van der Waals surface area contributed by atoms with Gasteiger partial charge in [-0.05, 0) is 0 Å². The monoisotopic (exact) mass is 228 g/mol. The van der Waals surface area contributed by atoms with Crippen molar-refractivity contribution in [3.63, 3.8) is 0 Å². The van der Waals surface area contributed by atoms with Gasteiger partial charge in [0.2, 0.25) is 0 Å². The number of carbonyl (C=O) groups is 1. The zero-order valence-corrected chi connectivity index (χ0v) is 7.52. The maximum absolute atomic E-state index is 12.3. The van der Waals surface area contributed by atoms with Crippen LogP contribution in [0.25, 0.3) is 0 Å². The number of halogens is 4. The van der Waals surface area contributed by atoms with Crippen molar-refractivity contribution < 1.29 is 23.1 Å². The Balaban J connectivity index is 3.48. The van der Waals surface area contributed by atoms with E-state index in [1.165, 1.54) is 0 Å². The van der Waals surface area contributed by atoms with Crippen LogP contribution in [0.3, 0.4) is 0 Å². The van der Waals surface area contributed by atoms with E-state index in [0.717, 1.165) is 7.05 Å². The molecule has 0 spiro atoms. The summed E-state index contributed by atoms with van der Waals surface area (Å²) in [5.74, 6) is -1.75. The third kappa shape index (κ3) is 1.67. The van der Waals surface area contributed by atoms with Crippen LogP contribution in [-0.4, -0.2) is 20.9 Å². The molecule has 0 fully saturated rings. The van der Waals surface area contributed by atoms with Crippen LogP contribution >= 0.6 is 11.6 Å². The van der Waals surface area contributed by atoms with Crippen LogP contribution in [-0.2, 0) is 13.2 Å². The average Bonchev–Trinajstić information content (AvgIpc) is 2.23. The van der Waals surface area contributed by atoms with Crippen molar-refractivity contribution in [2.75, 3.05) is 0 Å². The van der Waals surface area contributed by atoms with E-state index in [0.29, 0.717) is 4.68 Å². The molecule has 0 aliphatic rings. The fourth-order valence-electron chi connectivity index (χ4n) is 1.01. The largest absolute Gasteiger partial charge is 0.478 e. The first kappa shape index (κ1) is 10.8. The molecule has 0 aliphatic carbocycles. The van der Waals surface area contributed by atoms with Crippen LogP contribution < -0.4 is 0 Å². The number of alkyl halides is 3. The van der Waals surface area contributed by atoms with Crippen molar-refractivity contribution in [2.45, 2.75) is 6.18 Å². The minimum absolute atomic E-state index is 0.395. The predicted molar refractivity (Wildman–Crippen MR) is 40.2 cm³/mol. The standard InChI is InChI=1S/C6H4ClF3N2O2/c1-12-3(6(8,9)10)2(5(13)14)4(7)11-12/h1H3,(H,13,14). The van der Waals surface area contributed by atoms with E-state index in [1.54, 1.807) is 0 Å². The van der Waals surface area contributed by atoms with E-state index in [-0.39, 0.29) is 0 Å². The van der Waals surface area contributed by atoms with Crippen molar-refractivity contribution >= 4 is 17.6 Å². The normalized spacial score (nSPS) is 11.8. The van der Waals surface area contributed by atoms with E-state index in [4.69, 9.17) is 16.7 Å². The van der Waals surface area contributed by atoms with Crippen LogP contribution in [0.4, 0.5) is 13.2 Å². The molecule has 14 heavy (non-hydrogen) atoms. The first-order chi connectivity index (χ1) is 6.25. The van der Waals surface area contributed by atoms with Gasteiger partial charge in [-0.25, -0.2) is 4.79 Å². The molecule has 4 nitrogen and oxygen atoms in total. The SMILES string of the molecule is Cn1nc(Cl)c(C(=O)O)c1C(F)(F)F. The van der Waals surface area contributed by atoms with Crippen LogP contribution in [0.1, 0.15) is 16.1 Å². The molecular formula is C6H4ClF3N2O2. The zero-order valence-electron chi connectivity index (χ0n) is 6.76. The lowest BCUT2D eigenvalue weighted by Crippen LogP contribution is -2.16. The second kappa shape index (κ2) is 3.16. The van der Waals surface area contributed by atoms with Crippen LogP contribution in [0.5, 0.6) is 0 Å². The molecule has 0 radical (unpaired) electrons. The number of aromatic nitrogens is 2. The van der Waals surface area contributed by atoms with Gasteiger partial charge in [-0.15, -0.1) is 0 Å². The number of carboxylic acids is 1. The first-order valence-corrected chi connectivity index (χ1v) is 3.66. The molecule has 1 rings (SSSR count). The van der Waals surface area contributed by atoms with Crippen LogP contribution in [0, 0.1) is 0 Å². The maximum Gasteiger partial charge on any atom is 0.433 e. The fourth-order valence-corrected chi connectivity index (χ4v) is 1.29. The Hall–Kier alpha value is -1.24. The number of aromatic carboxylic acids is 1. The molecule has 0 bridgehead atoms. The number of rotatable bonds is 1. The lowest BCUT2D eigenvalue weighted by Gasteiger charge is -2.07. The van der Waals surface area contributed by atoms with Gasteiger partial charge in [0.25, 0.3) is 0 Å². The van der Waals surface area contributed by atoms with E-state index in [2.05, 4.69) is 5.10 Å². The molecule has 0 aliphatic heterocycles. The quantitative estimate of drug-likeness (QED) is 0.797. The molecule has 0 aromatic carbocycles. The molecular weight excluding hydrogens is 225 g/mol. The summed E-state index contributed by atoms with van der Waals surface area (Å²) in [7, 11) is 0.973. The van der Waals surface area contributed by atoms with Crippen LogP contribution in [0.15, 0.2) is 0 Å². The molecule has 78 valence electrons. The van der Waals surface area contributed by atoms with Gasteiger partial charge in [-0.3, -0.25) is 4.68 Å². The van der Waals surface area contributed by atoms with Gasteiger partial charge in [-0.2, -0.15) is 18.3 Å². The summed E-state index contributed by atoms with van der Waals surface area (Å²) in [4.78, 5) is 10.5. The van der Waals surface area contributed by atoms with E-state index < -0.39 is 28.6 Å². The Morgan fingerprint density at radius 3 is 2.36 bits per heavy atom. The maximum atomic E-state index is 12.3. The molecule has 0 unspecified atom stereocenters. The fraction of sp³-hybridized carbons (Fsp3) is 0.333. The molecule has 0 atom stereocenters. The Morgan fingerprint density at radius 2 is 2.07 bits per heavy atom. The summed E-state index contributed by atoms with van der Waals surface area (Å²) in [5.41, 5.74) is -2.39. The van der Waals surface area contributed by atoms with Gasteiger partial charge in [0, 0.05) is 7.05 Å². The summed E-state index contributed by atoms with van der Waals surface area (Å²) in [5, 5.41) is 11.0. The highest BCUT2D eigenvalue weighted by atomic mass is 35.5. The van der Waals surface area contributed by atoms with Gasteiger partial charge >= 0.3 is 12.1 Å². The van der Waals surface area contributed by atoms with E-state index in [1.807, 2.05) is 0 Å². The smallest absolute Gasteiger partial charge is 0.433 e. The number of aryl methyl sites for hydroxylation is 1. The van der Waals surface area contributed by atoms with Crippen molar-refractivity contribution in [3.05, 3.63) is 16.4 Å². The molecule has 1 aromatic heterocycles. The second-order valence-electron chi connectivity index (χ2n) is 2.44. The molecule has 8 heteroatoms. The summed E-state index contributed by atoms with van der Waals surface area (Å²) >= 11 is 5.24. The molecule has 0 saturated heterocycles. The van der Waals surface area contributed by atoms with Crippen molar-refractivity contribution in [1.29, 1.82) is 0 Å². The molecule has 1 N–H and O–H groups in total. The third-order valence-electron chi connectivity index (χ3n) is 1.49. The van der Waals surface area contributed by atoms with Crippen LogP contribution in [0.2, 0.25) is 5.15 Å². The summed E-state index contributed by atoms with van der Waals surface area (Å²) in [6.07, 6.45) is -4.79. The minimum Gasteiger partial charge on any atom is -0.478 e. The number of hydrogen-bond acceptors (Lipinski definition) is 2.